The molecule has 0 saturated heterocycles. The first kappa shape index (κ1) is 60.9. The number of hydrogen-bond donors (Lipinski definition) is 13. The van der Waals surface area contributed by atoms with Gasteiger partial charge in [-0.2, -0.15) is 88.4 Å². The normalized spacial score (nSPS) is 10.1. The quantitative estimate of drug-likeness (QED) is 0.0384. The predicted molar refractivity (Wildman–Crippen MR) is 219 cm³/mol. The van der Waals surface area contributed by atoms with E-state index < -0.39 is 52.6 Å². The van der Waals surface area contributed by atoms with E-state index in [1.807, 2.05) is 6.92 Å². The first-order chi connectivity index (χ1) is 24.9. The van der Waals surface area contributed by atoms with Gasteiger partial charge in [0.05, 0.1) is 62.8 Å². The zero-order valence-corrected chi connectivity index (χ0v) is 35.5. The Bertz CT molecular complexity index is 858. The average molecular weight is 899 g/mol. The van der Waals surface area contributed by atoms with Crippen molar-refractivity contribution in [3.8, 4) is 0 Å². The van der Waals surface area contributed by atoms with Crippen LogP contribution in [0.5, 0.6) is 0 Å². The number of carbonyl (C=O) groups is 7. The first-order valence-electron chi connectivity index (χ1n) is 15.2. The van der Waals surface area contributed by atoms with Gasteiger partial charge in [-0.1, -0.05) is 6.92 Å². The maximum absolute atomic E-state index is 11.8. The summed E-state index contributed by atoms with van der Waals surface area (Å²) in [7, 11) is 0. The number of rotatable bonds is 23. The molecule has 0 aromatic rings. The van der Waals surface area contributed by atoms with Crippen LogP contribution in [-0.4, -0.2) is 159 Å². The van der Waals surface area contributed by atoms with Crippen molar-refractivity contribution in [2.45, 2.75) is 39.0 Å². The van der Waals surface area contributed by atoms with Gasteiger partial charge in [-0.3, -0.25) is 33.6 Å². The molecule has 0 rings (SSSR count). The van der Waals surface area contributed by atoms with Crippen LogP contribution in [0.2, 0.25) is 0 Å². The molecule has 0 amide bonds. The molecule has 53 heavy (non-hydrogen) atoms. The van der Waals surface area contributed by atoms with Gasteiger partial charge >= 0.3 is 41.8 Å². The standard InChI is InChI=1S/C17H28O8S4.C6H14O3.3C2H4O2S/c18-13(1-5-26)22-9-17(10-23-14(19)2-6-27,11-24-15(20)3-7-28)12-25-16(21)4-8-29;1-2-6(3-7,4-8)5-9;3*3-2(4)1-5/h26-29H,1-12H2;7-9H,2-5H2,1H3;3*5H,1H2,(H,3,4). The fourth-order valence-electron chi connectivity index (χ4n) is 2.32. The lowest BCUT2D eigenvalue weighted by atomic mass is 9.88. The number of ether oxygens (including phenoxy) is 4. The highest BCUT2D eigenvalue weighted by Gasteiger charge is 2.38. The number of carbonyl (C=O) groups excluding carboxylic acids is 4. The van der Waals surface area contributed by atoms with Crippen LogP contribution in [-0.2, 0) is 52.5 Å². The Morgan fingerprint density at radius 2 is 0.623 bits per heavy atom. The van der Waals surface area contributed by atoms with Crippen LogP contribution in [0.25, 0.3) is 0 Å². The molecule has 0 atom stereocenters. The van der Waals surface area contributed by atoms with E-state index in [0.717, 1.165) is 0 Å². The number of carboxylic acid groups (broad SMARTS) is 3. The Balaban J connectivity index is -0.000000256. The summed E-state index contributed by atoms with van der Waals surface area (Å²) in [5.74, 6) is -3.87. The highest BCUT2D eigenvalue weighted by Crippen LogP contribution is 2.22. The van der Waals surface area contributed by atoms with Gasteiger partial charge in [0, 0.05) is 28.4 Å². The van der Waals surface area contributed by atoms with Crippen LogP contribution in [0.4, 0.5) is 0 Å². The summed E-state index contributed by atoms with van der Waals surface area (Å²) in [4.78, 5) is 75.0. The molecule has 0 aliphatic heterocycles. The summed E-state index contributed by atoms with van der Waals surface area (Å²) in [5.41, 5.74) is -1.92. The molecule has 6 N–H and O–H groups in total. The Hall–Kier alpha value is -1.38. The molecular weight excluding hydrogens is 845 g/mol. The minimum Gasteiger partial charge on any atom is -0.481 e. The number of esters is 4. The second kappa shape index (κ2) is 41.8. The molecule has 17 nitrogen and oxygen atoms in total. The Morgan fingerprint density at radius 1 is 0.434 bits per heavy atom. The van der Waals surface area contributed by atoms with Gasteiger partial charge in [-0.05, 0) is 6.42 Å². The van der Waals surface area contributed by atoms with E-state index in [4.69, 9.17) is 49.6 Å². The van der Waals surface area contributed by atoms with Crippen molar-refractivity contribution in [3.63, 3.8) is 0 Å². The van der Waals surface area contributed by atoms with Crippen molar-refractivity contribution >= 4 is 130 Å². The van der Waals surface area contributed by atoms with Gasteiger partial charge in [-0.15, -0.1) is 0 Å². The second-order valence-corrected chi connectivity index (χ2v) is 12.8. The summed E-state index contributed by atoms with van der Waals surface area (Å²) in [5, 5.41) is 48.9. The number of aliphatic carboxylic acids is 3. The molecule has 0 bridgehead atoms. The summed E-state index contributed by atoms with van der Waals surface area (Å²) < 4.78 is 20.9. The highest BCUT2D eigenvalue weighted by atomic mass is 32.1. The van der Waals surface area contributed by atoms with Crippen LogP contribution in [0, 0.1) is 10.8 Å². The largest absolute Gasteiger partial charge is 0.481 e. The van der Waals surface area contributed by atoms with E-state index in [1.54, 1.807) is 0 Å². The minimum atomic E-state index is -1.25. The molecule has 0 aromatic heterocycles. The zero-order valence-electron chi connectivity index (χ0n) is 29.2. The third-order valence-electron chi connectivity index (χ3n) is 5.58. The topological polar surface area (TPSA) is 278 Å². The summed E-state index contributed by atoms with van der Waals surface area (Å²) >= 11 is 26.1. The molecule has 0 spiro atoms. The van der Waals surface area contributed by atoms with Gasteiger partial charge in [0.2, 0.25) is 0 Å². The lowest BCUT2D eigenvalue weighted by Gasteiger charge is -2.31. The molecule has 0 aliphatic carbocycles. The van der Waals surface area contributed by atoms with Crippen molar-refractivity contribution in [2.24, 2.45) is 10.8 Å². The van der Waals surface area contributed by atoms with E-state index in [1.165, 1.54) is 0 Å². The molecule has 0 radical (unpaired) electrons. The van der Waals surface area contributed by atoms with Gasteiger partial charge in [0.25, 0.3) is 0 Å². The fraction of sp³-hybridized carbons (Fsp3) is 0.759. The Labute approximate surface area is 347 Å². The summed E-state index contributed by atoms with van der Waals surface area (Å²) in [6, 6.07) is 0. The summed E-state index contributed by atoms with van der Waals surface area (Å²) in [6.45, 7) is 0.227. The minimum absolute atomic E-state index is 0.0670. The maximum Gasteiger partial charge on any atom is 0.313 e. The molecule has 0 aliphatic rings. The van der Waals surface area contributed by atoms with Gasteiger partial charge < -0.3 is 49.6 Å². The molecule has 314 valence electrons. The fourth-order valence-corrected chi connectivity index (χ4v) is 3.05. The zero-order chi connectivity index (χ0) is 42.3. The first-order valence-corrected chi connectivity index (χ1v) is 19.7. The van der Waals surface area contributed by atoms with Crippen LogP contribution >= 0.6 is 88.4 Å². The predicted octanol–water partition coefficient (Wildman–Crippen LogP) is 0.787. The summed E-state index contributed by atoms with van der Waals surface area (Å²) in [6.07, 6.45) is 0.862. The molecule has 0 aromatic carbocycles. The Morgan fingerprint density at radius 3 is 0.717 bits per heavy atom. The SMILES string of the molecule is CCC(CO)(CO)CO.O=C(CCS)OCC(COC(=O)CCS)(COC(=O)CCS)COC(=O)CCS.O=C(O)CS.O=C(O)CS.O=C(O)CS. The number of hydrogen-bond acceptors (Lipinski definition) is 21. The average Bonchev–Trinajstić information content (AvgIpc) is 3.13. The Kier molecular flexibility index (Phi) is 48.0. The second-order valence-electron chi connectivity index (χ2n) is 10.0. The number of carboxylic acids is 3. The van der Waals surface area contributed by atoms with Crippen molar-refractivity contribution in [3.05, 3.63) is 0 Å². The van der Waals surface area contributed by atoms with Crippen LogP contribution in [0.15, 0.2) is 0 Å². The van der Waals surface area contributed by atoms with Gasteiger partial charge in [0.15, 0.2) is 0 Å². The van der Waals surface area contributed by atoms with Crippen LogP contribution < -0.4 is 0 Å². The molecule has 0 saturated carbocycles. The van der Waals surface area contributed by atoms with E-state index in [2.05, 4.69) is 88.4 Å². The van der Waals surface area contributed by atoms with E-state index in [9.17, 15) is 33.6 Å². The smallest absolute Gasteiger partial charge is 0.313 e. The molecule has 0 fully saturated rings. The molecular formula is C29H54O17S7. The third-order valence-corrected chi connectivity index (χ3v) is 7.29. The lowest BCUT2D eigenvalue weighted by Crippen LogP contribution is -2.44. The number of aliphatic hydroxyl groups is 3. The van der Waals surface area contributed by atoms with Gasteiger partial charge in [0.1, 0.15) is 31.8 Å². The molecule has 0 heterocycles. The van der Waals surface area contributed by atoms with Crippen LogP contribution in [0.3, 0.4) is 0 Å². The number of thiol groups is 7. The molecule has 0 unspecified atom stereocenters. The van der Waals surface area contributed by atoms with Gasteiger partial charge in [-0.25, -0.2) is 0 Å². The highest BCUT2D eigenvalue weighted by molar-refractivity contribution is 7.81. The van der Waals surface area contributed by atoms with Crippen molar-refractivity contribution in [1.82, 2.24) is 0 Å². The maximum atomic E-state index is 11.8. The monoisotopic (exact) mass is 898 g/mol. The number of aliphatic hydroxyl groups excluding tert-OH is 3. The van der Waals surface area contributed by atoms with E-state index >= 15 is 0 Å². The van der Waals surface area contributed by atoms with Crippen molar-refractivity contribution < 1.29 is 83.1 Å². The lowest BCUT2D eigenvalue weighted by molar-refractivity contribution is -0.170. The van der Waals surface area contributed by atoms with Crippen molar-refractivity contribution in [1.29, 1.82) is 0 Å². The van der Waals surface area contributed by atoms with Crippen molar-refractivity contribution in [2.75, 3.05) is 86.5 Å². The van der Waals surface area contributed by atoms with E-state index in [-0.39, 0.29) is 112 Å². The van der Waals surface area contributed by atoms with Crippen LogP contribution in [0.1, 0.15) is 39.0 Å². The molecule has 24 heteroatoms. The third kappa shape index (κ3) is 43.2. The van der Waals surface area contributed by atoms with E-state index in [0.29, 0.717) is 6.42 Å².